The van der Waals surface area contributed by atoms with E-state index >= 15 is 0 Å². The Hall–Kier alpha value is -2.92. The molecular weight excluding hydrogens is 575 g/mol. The van der Waals surface area contributed by atoms with Gasteiger partial charge in [-0.15, -0.1) is 0 Å². The van der Waals surface area contributed by atoms with Gasteiger partial charge >= 0.3 is 19.7 Å². The summed E-state index contributed by atoms with van der Waals surface area (Å²) in [4.78, 5) is 24.2. The lowest BCUT2D eigenvalue weighted by atomic mass is 9.78. The highest BCUT2D eigenvalue weighted by Crippen LogP contribution is 2.44. The van der Waals surface area contributed by atoms with Crippen LogP contribution in [0.15, 0.2) is 24.3 Å². The van der Waals surface area contributed by atoms with Gasteiger partial charge in [-0.1, -0.05) is 112 Å². The van der Waals surface area contributed by atoms with Crippen molar-refractivity contribution >= 4 is 19.7 Å². The summed E-state index contributed by atoms with van der Waals surface area (Å²) in [5.41, 5.74) is 4.31. The van der Waals surface area contributed by atoms with E-state index in [9.17, 15) is 14.2 Å². The number of benzene rings is 2. The molecule has 2 aromatic rings. The fourth-order valence-electron chi connectivity index (χ4n) is 4.91. The molecule has 0 aliphatic carbocycles. The monoisotopic (exact) mass is 629 g/mol. The van der Waals surface area contributed by atoms with Gasteiger partial charge in [-0.2, -0.15) is 0 Å². The zero-order valence-electron chi connectivity index (χ0n) is 29.4. The molecule has 0 fully saturated rings. The predicted octanol–water partition coefficient (Wildman–Crippen LogP) is 8.51. The Balaban J connectivity index is 2.47. The quantitative estimate of drug-likeness (QED) is 0.192. The van der Waals surface area contributed by atoms with E-state index in [1.165, 1.54) is 14.2 Å². The summed E-state index contributed by atoms with van der Waals surface area (Å²) in [7, 11) is 0.865. The van der Waals surface area contributed by atoms with E-state index in [0.29, 0.717) is 11.5 Å². The van der Waals surface area contributed by atoms with Crippen LogP contribution in [0.1, 0.15) is 116 Å². The maximum atomic E-state index is 13.5. The van der Waals surface area contributed by atoms with Crippen molar-refractivity contribution in [2.45, 2.75) is 118 Å². The van der Waals surface area contributed by atoms with E-state index in [1.807, 2.05) is 24.3 Å². The van der Waals surface area contributed by atoms with Crippen LogP contribution in [0, 0.1) is 0 Å². The molecule has 0 bridgehead atoms. The van der Waals surface area contributed by atoms with Crippen molar-refractivity contribution in [3.63, 3.8) is 0 Å². The number of esters is 2. The van der Waals surface area contributed by atoms with Crippen LogP contribution in [-0.4, -0.2) is 38.9 Å². The number of rotatable bonds is 10. The minimum atomic E-state index is -1.91. The SMILES string of the molecule is COC(=O)Cc1cc(C(C)(C)C)c(OC[P+](=O)COc2c(C(C)(C)C)cc(CC(=O)OC)cc2C(C)(C)C)c(C(C)(C)C)c1. The molecule has 0 aliphatic rings. The summed E-state index contributed by atoms with van der Waals surface area (Å²) in [6.45, 7) is 25.1. The fourth-order valence-corrected chi connectivity index (χ4v) is 5.53. The van der Waals surface area contributed by atoms with Gasteiger partial charge in [0.2, 0.25) is 0 Å². The molecule has 7 nitrogen and oxygen atoms in total. The lowest BCUT2D eigenvalue weighted by Crippen LogP contribution is -2.22. The molecule has 0 N–H and O–H groups in total. The second kappa shape index (κ2) is 14.0. The molecule has 2 aromatic carbocycles. The minimum absolute atomic E-state index is 0.0199. The Morgan fingerprint density at radius 3 is 1.00 bits per heavy atom. The van der Waals surface area contributed by atoms with Gasteiger partial charge in [-0.3, -0.25) is 9.59 Å². The number of carbonyl (C=O) groups excluding carboxylic acids is 2. The molecule has 244 valence electrons. The van der Waals surface area contributed by atoms with Crippen LogP contribution < -0.4 is 9.47 Å². The van der Waals surface area contributed by atoms with Gasteiger partial charge in [-0.05, 0) is 32.8 Å². The van der Waals surface area contributed by atoms with Gasteiger partial charge in [0.05, 0.1) is 27.1 Å². The maximum absolute atomic E-state index is 13.5. The zero-order valence-corrected chi connectivity index (χ0v) is 30.3. The van der Waals surface area contributed by atoms with Crippen LogP contribution in [0.3, 0.4) is 0 Å². The molecule has 0 radical (unpaired) electrons. The lowest BCUT2D eigenvalue weighted by Gasteiger charge is -2.30. The average molecular weight is 630 g/mol. The van der Waals surface area contributed by atoms with Gasteiger partial charge in [0.15, 0.2) is 0 Å². The van der Waals surface area contributed by atoms with E-state index < -0.39 is 7.80 Å². The first-order chi connectivity index (χ1) is 20.0. The van der Waals surface area contributed by atoms with Crippen molar-refractivity contribution in [3.8, 4) is 11.5 Å². The van der Waals surface area contributed by atoms with Crippen molar-refractivity contribution in [1.29, 1.82) is 0 Å². The molecule has 8 heteroatoms. The van der Waals surface area contributed by atoms with E-state index in [2.05, 4.69) is 83.1 Å². The van der Waals surface area contributed by atoms with Crippen molar-refractivity contribution in [1.82, 2.24) is 0 Å². The van der Waals surface area contributed by atoms with Gasteiger partial charge in [0.25, 0.3) is 12.7 Å². The van der Waals surface area contributed by atoms with Crippen LogP contribution >= 0.6 is 7.80 Å². The molecule has 0 aromatic heterocycles. The summed E-state index contributed by atoms with van der Waals surface area (Å²) in [5, 5.41) is 0. The summed E-state index contributed by atoms with van der Waals surface area (Å²) in [5.74, 6) is 0.780. The standard InChI is InChI=1S/C36H54O7P/c1-33(2,3)25-15-23(19-29(37)40-13)16-26(34(4,5)6)31(25)42-21-44(39)22-43-32-27(35(7,8)9)17-24(20-30(38)41-14)18-28(32)36(10,11)12/h15-18H,19-22H2,1-14H3/q+1. The molecule has 0 heterocycles. The Morgan fingerprint density at radius 1 is 0.545 bits per heavy atom. The highest BCUT2D eigenvalue weighted by molar-refractivity contribution is 7.44. The summed E-state index contributed by atoms with van der Waals surface area (Å²) >= 11 is 0. The van der Waals surface area contributed by atoms with Crippen LogP contribution in [0.25, 0.3) is 0 Å². The normalized spacial score (nSPS) is 12.5. The number of methoxy groups -OCH3 is 2. The van der Waals surface area contributed by atoms with Crippen molar-refractivity contribution in [3.05, 3.63) is 57.6 Å². The van der Waals surface area contributed by atoms with Gasteiger partial charge in [-0.25, -0.2) is 0 Å². The van der Waals surface area contributed by atoms with Gasteiger partial charge in [0.1, 0.15) is 11.5 Å². The largest absolute Gasteiger partial charge is 0.469 e. The smallest absolute Gasteiger partial charge is 0.420 e. The third-order valence-corrected chi connectivity index (χ3v) is 8.22. The highest BCUT2D eigenvalue weighted by atomic mass is 31.1. The number of carbonyl (C=O) groups is 2. The Kier molecular flexibility index (Phi) is 11.9. The molecule has 0 atom stereocenters. The van der Waals surface area contributed by atoms with Crippen molar-refractivity contribution in [2.24, 2.45) is 0 Å². The number of ether oxygens (including phenoxy) is 4. The number of hydrogen-bond acceptors (Lipinski definition) is 7. The van der Waals surface area contributed by atoms with E-state index in [-0.39, 0.29) is 59.1 Å². The van der Waals surface area contributed by atoms with E-state index in [0.717, 1.165) is 33.4 Å². The second-order valence-electron chi connectivity index (χ2n) is 15.6. The van der Waals surface area contributed by atoms with Gasteiger partial charge < -0.3 is 18.9 Å². The first-order valence-electron chi connectivity index (χ1n) is 15.2. The molecule has 0 saturated heterocycles. The fraction of sp³-hybridized carbons (Fsp3) is 0.611. The first-order valence-corrected chi connectivity index (χ1v) is 16.8. The Morgan fingerprint density at radius 2 is 0.795 bits per heavy atom. The van der Waals surface area contributed by atoms with E-state index in [4.69, 9.17) is 18.9 Å². The Labute approximate surface area is 266 Å². The average Bonchev–Trinajstić information content (AvgIpc) is 2.88. The zero-order chi connectivity index (χ0) is 33.8. The molecule has 0 amide bonds. The van der Waals surface area contributed by atoms with E-state index in [1.54, 1.807) is 0 Å². The number of hydrogen-bond donors (Lipinski definition) is 0. The van der Waals surface area contributed by atoms with Crippen LogP contribution in [0.5, 0.6) is 11.5 Å². The van der Waals surface area contributed by atoms with Crippen molar-refractivity contribution < 1.29 is 33.1 Å². The van der Waals surface area contributed by atoms with Crippen LogP contribution in [0.4, 0.5) is 0 Å². The predicted molar refractivity (Wildman–Crippen MR) is 178 cm³/mol. The summed E-state index contributed by atoms with van der Waals surface area (Å²) < 4.78 is 36.1. The van der Waals surface area contributed by atoms with Gasteiger partial charge in [0, 0.05) is 22.3 Å². The Bertz CT molecular complexity index is 1190. The lowest BCUT2D eigenvalue weighted by molar-refractivity contribution is -0.140. The highest BCUT2D eigenvalue weighted by Gasteiger charge is 2.33. The molecule has 0 spiro atoms. The third-order valence-electron chi connectivity index (χ3n) is 7.39. The van der Waals surface area contributed by atoms with Crippen molar-refractivity contribution in [2.75, 3.05) is 26.9 Å². The minimum Gasteiger partial charge on any atom is -0.469 e. The molecule has 0 unspecified atom stereocenters. The van der Waals surface area contributed by atoms with Crippen LogP contribution in [-0.2, 0) is 58.1 Å². The molecule has 0 saturated carbocycles. The maximum Gasteiger partial charge on any atom is 0.420 e. The summed E-state index contributed by atoms with van der Waals surface area (Å²) in [6, 6.07) is 7.97. The van der Waals surface area contributed by atoms with Crippen LogP contribution in [0.2, 0.25) is 0 Å². The topological polar surface area (TPSA) is 88.1 Å². The molecule has 2 rings (SSSR count). The third kappa shape index (κ3) is 10.1. The first kappa shape index (κ1) is 37.3. The second-order valence-corrected chi connectivity index (χ2v) is 17.1. The molecule has 0 aliphatic heterocycles. The summed E-state index contributed by atoms with van der Waals surface area (Å²) in [6.07, 6.45) is 0.285. The molecule has 44 heavy (non-hydrogen) atoms. The molecular formula is C36H54O7P+.